The predicted octanol–water partition coefficient (Wildman–Crippen LogP) is 3.22. The lowest BCUT2D eigenvalue weighted by molar-refractivity contribution is 0.0674. The zero-order valence-electron chi connectivity index (χ0n) is 9.01. The highest BCUT2D eigenvalue weighted by Gasteiger charge is 2.20. The van der Waals surface area contributed by atoms with Crippen LogP contribution < -0.4 is 0 Å². The topological polar surface area (TPSA) is 20.2 Å². The first-order valence-electron chi connectivity index (χ1n) is 5.31. The first kappa shape index (κ1) is 12.0. The van der Waals surface area contributed by atoms with Crippen LogP contribution in [0.5, 0.6) is 0 Å². The zero-order chi connectivity index (χ0) is 9.56. The maximum atomic E-state index is 9.81. The van der Waals surface area contributed by atoms with E-state index in [0.717, 1.165) is 12.8 Å². The molecule has 0 aliphatic rings. The molecule has 12 heavy (non-hydrogen) atoms. The van der Waals surface area contributed by atoms with Gasteiger partial charge in [0.1, 0.15) is 0 Å². The van der Waals surface area contributed by atoms with Crippen molar-refractivity contribution >= 4 is 0 Å². The molecule has 0 aromatic heterocycles. The Bertz CT molecular complexity index is 99.2. The molecule has 0 aliphatic carbocycles. The van der Waals surface area contributed by atoms with Gasteiger partial charge < -0.3 is 5.11 Å². The van der Waals surface area contributed by atoms with Crippen LogP contribution in [0.4, 0.5) is 0 Å². The van der Waals surface area contributed by atoms with E-state index in [1.807, 2.05) is 0 Å². The number of hydrogen-bond acceptors (Lipinski definition) is 1. The Morgan fingerprint density at radius 3 is 1.83 bits per heavy atom. The van der Waals surface area contributed by atoms with Crippen LogP contribution in [-0.4, -0.2) is 11.2 Å². The summed E-state index contributed by atoms with van der Waals surface area (Å²) >= 11 is 0. The van der Waals surface area contributed by atoms with E-state index in [2.05, 4.69) is 27.7 Å². The molecule has 0 spiro atoms. The van der Waals surface area contributed by atoms with Crippen LogP contribution in [0, 0.1) is 11.8 Å². The Hall–Kier alpha value is -0.0400. The molecule has 0 fully saturated rings. The lowest BCUT2D eigenvalue weighted by Crippen LogP contribution is -2.24. The summed E-state index contributed by atoms with van der Waals surface area (Å²) in [5, 5.41) is 9.81. The Morgan fingerprint density at radius 1 is 1.00 bits per heavy atom. The van der Waals surface area contributed by atoms with Crippen LogP contribution in [0.25, 0.3) is 0 Å². The lowest BCUT2D eigenvalue weighted by atomic mass is 9.85. The van der Waals surface area contributed by atoms with Crippen LogP contribution in [0.2, 0.25) is 0 Å². The van der Waals surface area contributed by atoms with Crippen molar-refractivity contribution in [1.82, 2.24) is 0 Å². The molecule has 0 radical (unpaired) electrons. The summed E-state index contributed by atoms with van der Waals surface area (Å²) in [5.74, 6) is 1.13. The largest absolute Gasteiger partial charge is 0.393 e. The van der Waals surface area contributed by atoms with E-state index in [-0.39, 0.29) is 6.10 Å². The second-order valence-electron chi connectivity index (χ2n) is 4.05. The summed E-state index contributed by atoms with van der Waals surface area (Å²) in [6.07, 6.45) is 4.33. The molecule has 0 aliphatic heterocycles. The third-order valence-electron chi connectivity index (χ3n) is 2.56. The van der Waals surface area contributed by atoms with Gasteiger partial charge in [0.2, 0.25) is 0 Å². The van der Waals surface area contributed by atoms with E-state index >= 15 is 0 Å². The molecule has 0 saturated heterocycles. The third-order valence-corrected chi connectivity index (χ3v) is 2.56. The number of hydrogen-bond donors (Lipinski definition) is 1. The molecular weight excluding hydrogens is 148 g/mol. The van der Waals surface area contributed by atoms with Crippen LogP contribution >= 0.6 is 0 Å². The van der Waals surface area contributed by atoms with Crippen molar-refractivity contribution in [1.29, 1.82) is 0 Å². The van der Waals surface area contributed by atoms with Gasteiger partial charge in [0.15, 0.2) is 0 Å². The normalized spacial score (nSPS) is 16.5. The Labute approximate surface area is 77.2 Å². The molecule has 0 aromatic carbocycles. The predicted molar refractivity (Wildman–Crippen MR) is 54.2 cm³/mol. The summed E-state index contributed by atoms with van der Waals surface area (Å²) in [5.41, 5.74) is 0. The van der Waals surface area contributed by atoms with Crippen molar-refractivity contribution < 1.29 is 5.11 Å². The highest BCUT2D eigenvalue weighted by atomic mass is 16.3. The van der Waals surface area contributed by atoms with Crippen molar-refractivity contribution in [2.24, 2.45) is 11.8 Å². The molecule has 2 unspecified atom stereocenters. The monoisotopic (exact) mass is 172 g/mol. The van der Waals surface area contributed by atoms with Crippen LogP contribution in [0.1, 0.15) is 53.4 Å². The second kappa shape index (κ2) is 6.47. The quantitative estimate of drug-likeness (QED) is 0.652. The maximum absolute atomic E-state index is 9.81. The fraction of sp³-hybridized carbons (Fsp3) is 1.00. The molecule has 1 nitrogen and oxygen atoms in total. The van der Waals surface area contributed by atoms with E-state index in [1.165, 1.54) is 12.8 Å². The van der Waals surface area contributed by atoms with Crippen LogP contribution in [0.3, 0.4) is 0 Å². The van der Waals surface area contributed by atoms with Gasteiger partial charge in [0.05, 0.1) is 6.10 Å². The van der Waals surface area contributed by atoms with Gasteiger partial charge in [-0.3, -0.25) is 0 Å². The minimum atomic E-state index is -0.0741. The average molecular weight is 172 g/mol. The van der Waals surface area contributed by atoms with Crippen molar-refractivity contribution in [2.45, 2.75) is 59.5 Å². The molecule has 2 atom stereocenters. The summed E-state index contributed by atoms with van der Waals surface area (Å²) in [4.78, 5) is 0. The van der Waals surface area contributed by atoms with E-state index < -0.39 is 0 Å². The molecule has 1 heteroatoms. The minimum absolute atomic E-state index is 0.0741. The SMILES string of the molecule is CCCC(O)C(CCC)C(C)C. The molecule has 0 amide bonds. The number of rotatable bonds is 6. The Morgan fingerprint density at radius 2 is 1.50 bits per heavy atom. The standard InChI is InChI=1S/C11H24O/c1-5-7-10(9(3)4)11(12)8-6-2/h9-12H,5-8H2,1-4H3. The van der Waals surface area contributed by atoms with Crippen LogP contribution in [-0.2, 0) is 0 Å². The number of aliphatic hydroxyl groups is 1. The van der Waals surface area contributed by atoms with Gasteiger partial charge in [-0.05, 0) is 24.7 Å². The van der Waals surface area contributed by atoms with E-state index in [1.54, 1.807) is 0 Å². The highest BCUT2D eigenvalue weighted by Crippen LogP contribution is 2.23. The Kier molecular flexibility index (Phi) is 6.45. The third kappa shape index (κ3) is 4.10. The molecule has 0 rings (SSSR count). The molecule has 74 valence electrons. The smallest absolute Gasteiger partial charge is 0.0570 e. The van der Waals surface area contributed by atoms with E-state index in [4.69, 9.17) is 0 Å². The highest BCUT2D eigenvalue weighted by molar-refractivity contribution is 4.71. The summed E-state index contributed by atoms with van der Waals surface area (Å²) in [6.45, 7) is 8.74. The van der Waals surface area contributed by atoms with Crippen molar-refractivity contribution in [2.75, 3.05) is 0 Å². The minimum Gasteiger partial charge on any atom is -0.393 e. The van der Waals surface area contributed by atoms with Crippen LogP contribution in [0.15, 0.2) is 0 Å². The Balaban J connectivity index is 3.90. The van der Waals surface area contributed by atoms with Gasteiger partial charge in [-0.1, -0.05) is 40.5 Å². The molecular formula is C11H24O. The van der Waals surface area contributed by atoms with Gasteiger partial charge in [-0.2, -0.15) is 0 Å². The fourth-order valence-electron chi connectivity index (χ4n) is 1.81. The van der Waals surface area contributed by atoms with Crippen molar-refractivity contribution in [3.63, 3.8) is 0 Å². The molecule has 0 heterocycles. The van der Waals surface area contributed by atoms with Gasteiger partial charge >= 0.3 is 0 Å². The second-order valence-corrected chi connectivity index (χ2v) is 4.05. The van der Waals surface area contributed by atoms with Gasteiger partial charge in [0, 0.05) is 0 Å². The molecule has 0 aromatic rings. The molecule has 0 bridgehead atoms. The molecule has 1 N–H and O–H groups in total. The van der Waals surface area contributed by atoms with Crippen molar-refractivity contribution in [3.05, 3.63) is 0 Å². The summed E-state index contributed by atoms with van der Waals surface area (Å²) < 4.78 is 0. The first-order chi connectivity index (χ1) is 5.63. The molecule has 0 saturated carbocycles. The summed E-state index contributed by atoms with van der Waals surface area (Å²) in [7, 11) is 0. The maximum Gasteiger partial charge on any atom is 0.0570 e. The average Bonchev–Trinajstić information content (AvgIpc) is 1.99. The van der Waals surface area contributed by atoms with Gasteiger partial charge in [-0.15, -0.1) is 0 Å². The van der Waals surface area contributed by atoms with Gasteiger partial charge in [-0.25, -0.2) is 0 Å². The van der Waals surface area contributed by atoms with E-state index in [9.17, 15) is 5.11 Å². The zero-order valence-corrected chi connectivity index (χ0v) is 9.01. The fourth-order valence-corrected chi connectivity index (χ4v) is 1.81. The number of aliphatic hydroxyl groups excluding tert-OH is 1. The lowest BCUT2D eigenvalue weighted by Gasteiger charge is -2.25. The van der Waals surface area contributed by atoms with Gasteiger partial charge in [0.25, 0.3) is 0 Å². The van der Waals surface area contributed by atoms with E-state index in [0.29, 0.717) is 11.8 Å². The summed E-state index contributed by atoms with van der Waals surface area (Å²) in [6, 6.07) is 0. The van der Waals surface area contributed by atoms with Crippen molar-refractivity contribution in [3.8, 4) is 0 Å². The first-order valence-corrected chi connectivity index (χ1v) is 5.31.